The molecule has 26 heavy (non-hydrogen) atoms. The molecule has 0 saturated carbocycles. The lowest BCUT2D eigenvalue weighted by Gasteiger charge is -2.32. The summed E-state index contributed by atoms with van der Waals surface area (Å²) in [5, 5.41) is 0. The largest absolute Gasteiger partial charge is 0.447 e. The standard InChI is InChI=1S/C20H29NO4Si/c1-14(2)18(25-26(4,5)6)15(3)19(22)21-17(13-24-20(21)23)12-16-10-8-7-9-11-16/h7-11,15,17-18H,1,12-13H2,2-6H3/t15-,17+,18-/m1/s1. The summed E-state index contributed by atoms with van der Waals surface area (Å²) in [5.41, 5.74) is 1.86. The van der Waals surface area contributed by atoms with Gasteiger partial charge in [-0.2, -0.15) is 0 Å². The van der Waals surface area contributed by atoms with Crippen LogP contribution in [0.1, 0.15) is 19.4 Å². The van der Waals surface area contributed by atoms with Crippen LogP contribution >= 0.6 is 0 Å². The van der Waals surface area contributed by atoms with Gasteiger partial charge in [0.05, 0.1) is 18.1 Å². The first kappa shape index (κ1) is 20.4. The molecule has 0 aliphatic carbocycles. The summed E-state index contributed by atoms with van der Waals surface area (Å²) < 4.78 is 11.3. The molecule has 0 N–H and O–H groups in total. The maximum Gasteiger partial charge on any atom is 0.416 e. The monoisotopic (exact) mass is 375 g/mol. The minimum absolute atomic E-state index is 0.221. The van der Waals surface area contributed by atoms with E-state index >= 15 is 0 Å². The first-order chi connectivity index (χ1) is 12.1. The van der Waals surface area contributed by atoms with Crippen molar-refractivity contribution < 1.29 is 18.8 Å². The van der Waals surface area contributed by atoms with Gasteiger partial charge in [-0.3, -0.25) is 4.79 Å². The number of hydrogen-bond acceptors (Lipinski definition) is 4. The molecule has 1 aliphatic heterocycles. The van der Waals surface area contributed by atoms with Crippen LogP contribution in [0, 0.1) is 5.92 Å². The molecule has 1 aromatic carbocycles. The maximum atomic E-state index is 13.1. The van der Waals surface area contributed by atoms with Crippen molar-refractivity contribution in [2.75, 3.05) is 6.61 Å². The minimum Gasteiger partial charge on any atom is -0.447 e. The maximum absolute atomic E-state index is 13.1. The molecule has 142 valence electrons. The summed E-state index contributed by atoms with van der Waals surface area (Å²) in [5.74, 6) is -0.761. The molecule has 1 fully saturated rings. The van der Waals surface area contributed by atoms with Crippen LogP contribution in [-0.4, -0.2) is 44.0 Å². The highest BCUT2D eigenvalue weighted by atomic mass is 28.4. The van der Waals surface area contributed by atoms with Crippen LogP contribution in [0.3, 0.4) is 0 Å². The Labute approximate surface area is 157 Å². The van der Waals surface area contributed by atoms with E-state index in [4.69, 9.17) is 9.16 Å². The molecule has 0 radical (unpaired) electrons. The number of nitrogens with zero attached hydrogens (tertiary/aromatic N) is 1. The van der Waals surface area contributed by atoms with Gasteiger partial charge in [-0.15, -0.1) is 0 Å². The van der Waals surface area contributed by atoms with Gasteiger partial charge in [-0.25, -0.2) is 9.69 Å². The molecule has 0 spiro atoms. The van der Waals surface area contributed by atoms with Crippen molar-refractivity contribution in [3.05, 3.63) is 48.0 Å². The smallest absolute Gasteiger partial charge is 0.416 e. The van der Waals surface area contributed by atoms with Gasteiger partial charge in [0.25, 0.3) is 0 Å². The molecular weight excluding hydrogens is 346 g/mol. The second-order valence-corrected chi connectivity index (χ2v) is 12.4. The highest BCUT2D eigenvalue weighted by molar-refractivity contribution is 6.69. The number of amides is 2. The van der Waals surface area contributed by atoms with Gasteiger partial charge in [0.2, 0.25) is 5.91 Å². The quantitative estimate of drug-likeness (QED) is 0.534. The van der Waals surface area contributed by atoms with Crippen LogP contribution in [0.25, 0.3) is 0 Å². The highest BCUT2D eigenvalue weighted by Gasteiger charge is 2.42. The number of carbonyl (C=O) groups excluding carboxylic acids is 2. The molecule has 2 amide bonds. The molecule has 0 aromatic heterocycles. The number of ether oxygens (including phenoxy) is 1. The molecule has 1 heterocycles. The van der Waals surface area contributed by atoms with E-state index in [1.54, 1.807) is 6.92 Å². The van der Waals surface area contributed by atoms with Crippen molar-refractivity contribution in [2.24, 2.45) is 5.92 Å². The van der Waals surface area contributed by atoms with Gasteiger partial charge in [-0.05, 0) is 38.5 Å². The lowest BCUT2D eigenvalue weighted by atomic mass is 9.96. The Balaban J connectivity index is 2.18. The van der Waals surface area contributed by atoms with E-state index < -0.39 is 26.4 Å². The van der Waals surface area contributed by atoms with E-state index in [2.05, 4.69) is 26.2 Å². The number of hydrogen-bond donors (Lipinski definition) is 0. The molecule has 1 aliphatic rings. The zero-order chi connectivity index (χ0) is 19.5. The molecule has 1 aromatic rings. The average Bonchev–Trinajstić information content (AvgIpc) is 2.91. The van der Waals surface area contributed by atoms with Crippen molar-refractivity contribution in [1.82, 2.24) is 4.90 Å². The Morgan fingerprint density at radius 2 is 1.96 bits per heavy atom. The van der Waals surface area contributed by atoms with Crippen LogP contribution < -0.4 is 0 Å². The summed E-state index contributed by atoms with van der Waals surface area (Å²) in [4.78, 5) is 26.6. The van der Waals surface area contributed by atoms with E-state index in [0.717, 1.165) is 11.1 Å². The van der Waals surface area contributed by atoms with Crippen molar-refractivity contribution >= 4 is 20.3 Å². The third-order valence-electron chi connectivity index (χ3n) is 4.32. The molecule has 6 heteroatoms. The molecule has 0 bridgehead atoms. The van der Waals surface area contributed by atoms with Gasteiger partial charge in [-0.1, -0.05) is 49.4 Å². The van der Waals surface area contributed by atoms with Gasteiger partial charge < -0.3 is 9.16 Å². The Morgan fingerprint density at radius 1 is 1.35 bits per heavy atom. The Morgan fingerprint density at radius 3 is 2.50 bits per heavy atom. The van der Waals surface area contributed by atoms with Crippen molar-refractivity contribution in [2.45, 2.75) is 52.1 Å². The topological polar surface area (TPSA) is 55.8 Å². The lowest BCUT2D eigenvalue weighted by molar-refractivity contribution is -0.135. The van der Waals surface area contributed by atoms with Crippen LogP contribution in [0.2, 0.25) is 19.6 Å². The Kier molecular flexibility index (Phi) is 6.42. The van der Waals surface area contributed by atoms with E-state index in [1.165, 1.54) is 4.90 Å². The van der Waals surface area contributed by atoms with Crippen molar-refractivity contribution in [3.63, 3.8) is 0 Å². The number of benzene rings is 1. The molecule has 1 saturated heterocycles. The third-order valence-corrected chi connectivity index (χ3v) is 5.28. The predicted molar refractivity (Wildman–Crippen MR) is 104 cm³/mol. The number of imide groups is 1. The molecule has 5 nitrogen and oxygen atoms in total. The fourth-order valence-corrected chi connectivity index (χ4v) is 4.29. The fraction of sp³-hybridized carbons (Fsp3) is 0.500. The zero-order valence-corrected chi connectivity index (χ0v) is 17.3. The van der Waals surface area contributed by atoms with E-state index in [1.807, 2.05) is 37.3 Å². The summed E-state index contributed by atoms with van der Waals surface area (Å²) in [6.07, 6.45) is -0.395. The second-order valence-electron chi connectivity index (χ2n) is 7.91. The minimum atomic E-state index is -1.87. The van der Waals surface area contributed by atoms with Crippen molar-refractivity contribution in [1.29, 1.82) is 0 Å². The zero-order valence-electron chi connectivity index (χ0n) is 16.3. The Hall–Kier alpha value is -1.92. The SMILES string of the molecule is C=C(C)[C@@H](O[Si](C)(C)C)[C@@H](C)C(=O)N1C(=O)OC[C@@H]1Cc1ccccc1. The predicted octanol–water partition coefficient (Wildman–Crippen LogP) is 4.01. The summed E-state index contributed by atoms with van der Waals surface area (Å²) in [6, 6.07) is 9.51. The molecule has 0 unspecified atom stereocenters. The number of carbonyl (C=O) groups is 2. The number of rotatable bonds is 7. The van der Waals surface area contributed by atoms with Crippen LogP contribution in [0.4, 0.5) is 4.79 Å². The van der Waals surface area contributed by atoms with Crippen LogP contribution in [0.5, 0.6) is 0 Å². The summed E-state index contributed by atoms with van der Waals surface area (Å²) in [6.45, 7) is 14.1. The summed E-state index contributed by atoms with van der Waals surface area (Å²) >= 11 is 0. The first-order valence-electron chi connectivity index (χ1n) is 8.97. The van der Waals surface area contributed by atoms with Crippen LogP contribution in [0.15, 0.2) is 42.5 Å². The third kappa shape index (κ3) is 5.05. The second kappa shape index (κ2) is 8.18. The van der Waals surface area contributed by atoms with E-state index in [-0.39, 0.29) is 18.6 Å². The first-order valence-corrected chi connectivity index (χ1v) is 12.4. The summed E-state index contributed by atoms with van der Waals surface area (Å²) in [7, 11) is -1.87. The fourth-order valence-electron chi connectivity index (χ4n) is 3.13. The molecule has 2 rings (SSSR count). The molecular formula is C20H29NO4Si. The molecule has 3 atom stereocenters. The van der Waals surface area contributed by atoms with Gasteiger partial charge in [0.1, 0.15) is 6.61 Å². The van der Waals surface area contributed by atoms with Gasteiger partial charge in [0.15, 0.2) is 8.32 Å². The lowest BCUT2D eigenvalue weighted by Crippen LogP contribution is -2.48. The van der Waals surface area contributed by atoms with E-state index in [0.29, 0.717) is 6.42 Å². The average molecular weight is 376 g/mol. The number of cyclic esters (lactones) is 1. The van der Waals surface area contributed by atoms with Crippen LogP contribution in [-0.2, 0) is 20.4 Å². The van der Waals surface area contributed by atoms with E-state index in [9.17, 15) is 9.59 Å². The van der Waals surface area contributed by atoms with Gasteiger partial charge in [0, 0.05) is 0 Å². The highest BCUT2D eigenvalue weighted by Crippen LogP contribution is 2.26. The van der Waals surface area contributed by atoms with Gasteiger partial charge >= 0.3 is 6.09 Å². The normalized spacial score (nSPS) is 19.8. The Bertz CT molecular complexity index is 668. The van der Waals surface area contributed by atoms with Crippen molar-refractivity contribution in [3.8, 4) is 0 Å².